The van der Waals surface area contributed by atoms with Gasteiger partial charge in [-0.3, -0.25) is 0 Å². The number of hydrogen-bond acceptors (Lipinski definition) is 4. The first-order valence-corrected chi connectivity index (χ1v) is 17.2. The molecule has 1 aliphatic rings. The molecule has 0 bridgehead atoms. The molecule has 1 aliphatic carbocycles. The van der Waals surface area contributed by atoms with Gasteiger partial charge in [0.15, 0.2) is 17.5 Å². The predicted molar refractivity (Wildman–Crippen MR) is 208 cm³/mol. The largest absolute Gasteiger partial charge is 0.456 e. The van der Waals surface area contributed by atoms with Crippen molar-refractivity contribution in [3.05, 3.63) is 164 Å². The second-order valence-corrected chi connectivity index (χ2v) is 13.2. The monoisotopic (exact) mass is 649 g/mol. The Kier molecular flexibility index (Phi) is 5.92. The zero-order valence-electron chi connectivity index (χ0n) is 27.3. The zero-order chi connectivity index (χ0) is 33.5. The number of aromatic nitrogens is 3. The molecule has 4 heteroatoms. The van der Waals surface area contributed by atoms with E-state index in [-0.39, 0.29) is 0 Å². The van der Waals surface area contributed by atoms with E-state index in [2.05, 4.69) is 103 Å². The third-order valence-electron chi connectivity index (χ3n) is 10.2. The number of furan rings is 1. The molecule has 51 heavy (non-hydrogen) atoms. The van der Waals surface area contributed by atoms with Crippen molar-refractivity contribution >= 4 is 43.5 Å². The highest BCUT2D eigenvalue weighted by atomic mass is 16.3. The van der Waals surface area contributed by atoms with Crippen LogP contribution in [0, 0.1) is 0 Å². The maximum atomic E-state index is 6.60. The molecule has 0 spiro atoms. The van der Waals surface area contributed by atoms with Gasteiger partial charge in [0.25, 0.3) is 0 Å². The van der Waals surface area contributed by atoms with Crippen molar-refractivity contribution in [1.82, 2.24) is 15.0 Å². The third-order valence-corrected chi connectivity index (χ3v) is 10.2. The van der Waals surface area contributed by atoms with Crippen LogP contribution in [0.25, 0.3) is 111 Å². The van der Waals surface area contributed by atoms with Crippen molar-refractivity contribution in [3.8, 4) is 67.5 Å². The molecule has 2 aromatic heterocycles. The van der Waals surface area contributed by atoms with Gasteiger partial charge in [-0.1, -0.05) is 140 Å². The molecule has 0 saturated carbocycles. The highest BCUT2D eigenvalue weighted by Crippen LogP contribution is 2.50. The molecule has 4 nitrogen and oxygen atoms in total. The van der Waals surface area contributed by atoms with E-state index >= 15 is 0 Å². The van der Waals surface area contributed by atoms with Crippen LogP contribution in [-0.4, -0.2) is 15.0 Å². The zero-order valence-corrected chi connectivity index (χ0v) is 27.3. The fourth-order valence-corrected chi connectivity index (χ4v) is 7.93. The van der Waals surface area contributed by atoms with Gasteiger partial charge in [-0.05, 0) is 79.2 Å². The summed E-state index contributed by atoms with van der Waals surface area (Å²) in [5.74, 6) is 1.94. The number of nitrogens with zero attached hydrogens (tertiary/aromatic N) is 3. The minimum atomic E-state index is 0.641. The SMILES string of the molecule is c1ccc(-c2nc(-c3ccccc3)nc(-c3ccc4c(-c5cccc6oc7cc8c(cc7c56)-c5cccc6cccc-8c56)cccc4c3)n2)cc1. The first-order valence-electron chi connectivity index (χ1n) is 17.2. The summed E-state index contributed by atoms with van der Waals surface area (Å²) < 4.78 is 6.60. The lowest BCUT2D eigenvalue weighted by Gasteiger charge is -2.11. The van der Waals surface area contributed by atoms with Gasteiger partial charge in [-0.2, -0.15) is 0 Å². The molecule has 11 rings (SSSR count). The molecule has 2 heterocycles. The van der Waals surface area contributed by atoms with E-state index in [0.717, 1.165) is 60.5 Å². The van der Waals surface area contributed by atoms with Crippen LogP contribution < -0.4 is 0 Å². The van der Waals surface area contributed by atoms with E-state index in [1.165, 1.54) is 33.0 Å². The van der Waals surface area contributed by atoms with Crippen molar-refractivity contribution in [3.63, 3.8) is 0 Å². The molecule has 0 fully saturated rings. The average Bonchev–Trinajstić information content (AvgIpc) is 3.73. The van der Waals surface area contributed by atoms with Crippen molar-refractivity contribution in [1.29, 1.82) is 0 Å². The molecule has 236 valence electrons. The second-order valence-electron chi connectivity index (χ2n) is 13.2. The first kappa shape index (κ1) is 28.0. The van der Waals surface area contributed by atoms with Crippen LogP contribution >= 0.6 is 0 Å². The lowest BCUT2D eigenvalue weighted by molar-refractivity contribution is 0.669. The van der Waals surface area contributed by atoms with Gasteiger partial charge in [-0.25, -0.2) is 15.0 Å². The summed E-state index contributed by atoms with van der Waals surface area (Å²) in [4.78, 5) is 14.8. The standard InChI is InChI=1S/C47H27N3O/c1-3-11-29(12-4-1)45-48-46(30-13-5-2-6-14-30)50-47(49-45)32-23-24-33-31(25-32)17-9-18-34(33)35-21-10-22-41-44(35)40-26-38-36-19-7-15-28-16-8-20-37(43(28)36)39(38)27-42(40)51-41/h1-27H. The Morgan fingerprint density at radius 1 is 0.314 bits per heavy atom. The topological polar surface area (TPSA) is 51.8 Å². The van der Waals surface area contributed by atoms with E-state index in [0.29, 0.717) is 17.5 Å². The molecular formula is C47H27N3O. The lowest BCUT2D eigenvalue weighted by Crippen LogP contribution is -2.00. The van der Waals surface area contributed by atoms with Crippen LogP contribution in [0.4, 0.5) is 0 Å². The van der Waals surface area contributed by atoms with Crippen molar-refractivity contribution in [2.24, 2.45) is 0 Å². The maximum Gasteiger partial charge on any atom is 0.164 e. The van der Waals surface area contributed by atoms with Crippen LogP contribution in [0.15, 0.2) is 168 Å². The lowest BCUT2D eigenvalue weighted by atomic mass is 9.93. The van der Waals surface area contributed by atoms with Crippen LogP contribution in [0.2, 0.25) is 0 Å². The van der Waals surface area contributed by atoms with E-state index in [1.807, 2.05) is 60.7 Å². The summed E-state index contributed by atoms with van der Waals surface area (Å²) in [7, 11) is 0. The summed E-state index contributed by atoms with van der Waals surface area (Å²) in [6.07, 6.45) is 0. The van der Waals surface area contributed by atoms with Crippen LogP contribution in [-0.2, 0) is 0 Å². The van der Waals surface area contributed by atoms with Gasteiger partial charge >= 0.3 is 0 Å². The molecule has 8 aromatic carbocycles. The molecule has 10 aromatic rings. The predicted octanol–water partition coefficient (Wildman–Crippen LogP) is 12.4. The summed E-state index contributed by atoms with van der Waals surface area (Å²) in [6, 6.07) is 57.4. The Bertz CT molecular complexity index is 2960. The summed E-state index contributed by atoms with van der Waals surface area (Å²) >= 11 is 0. The average molecular weight is 650 g/mol. The molecule has 0 amide bonds. The van der Waals surface area contributed by atoms with Crippen molar-refractivity contribution in [2.45, 2.75) is 0 Å². The van der Waals surface area contributed by atoms with E-state index in [1.54, 1.807) is 0 Å². The second kappa shape index (κ2) is 10.8. The number of benzene rings is 8. The van der Waals surface area contributed by atoms with Gasteiger partial charge in [-0.15, -0.1) is 0 Å². The van der Waals surface area contributed by atoms with E-state index in [9.17, 15) is 0 Å². The van der Waals surface area contributed by atoms with Gasteiger partial charge < -0.3 is 4.42 Å². The van der Waals surface area contributed by atoms with Crippen molar-refractivity contribution < 1.29 is 4.42 Å². The minimum Gasteiger partial charge on any atom is -0.456 e. The Hall–Kier alpha value is -6.91. The molecule has 0 unspecified atom stereocenters. The van der Waals surface area contributed by atoms with Crippen LogP contribution in [0.1, 0.15) is 0 Å². The highest BCUT2D eigenvalue weighted by Gasteiger charge is 2.24. The minimum absolute atomic E-state index is 0.641. The highest BCUT2D eigenvalue weighted by molar-refractivity contribution is 6.21. The van der Waals surface area contributed by atoms with E-state index in [4.69, 9.17) is 19.4 Å². The van der Waals surface area contributed by atoms with Gasteiger partial charge in [0.05, 0.1) is 0 Å². The van der Waals surface area contributed by atoms with Crippen molar-refractivity contribution in [2.75, 3.05) is 0 Å². The molecule has 0 aliphatic heterocycles. The molecular weight excluding hydrogens is 623 g/mol. The van der Waals surface area contributed by atoms with Crippen LogP contribution in [0.5, 0.6) is 0 Å². The maximum absolute atomic E-state index is 6.60. The normalized spacial score (nSPS) is 11.9. The quantitative estimate of drug-likeness (QED) is 0.190. The van der Waals surface area contributed by atoms with Crippen LogP contribution in [0.3, 0.4) is 0 Å². The van der Waals surface area contributed by atoms with E-state index < -0.39 is 0 Å². The van der Waals surface area contributed by atoms with Gasteiger partial charge in [0.2, 0.25) is 0 Å². The molecule has 0 saturated heterocycles. The molecule has 0 N–H and O–H groups in total. The first-order chi connectivity index (χ1) is 25.3. The molecule has 0 radical (unpaired) electrons. The Balaban J connectivity index is 1.08. The number of fused-ring (bicyclic) bond motifs is 7. The van der Waals surface area contributed by atoms with Gasteiger partial charge in [0.1, 0.15) is 11.2 Å². The number of rotatable bonds is 4. The fraction of sp³-hybridized carbons (Fsp3) is 0. The Morgan fingerprint density at radius 2 is 0.863 bits per heavy atom. The summed E-state index contributed by atoms with van der Waals surface area (Å²) in [6.45, 7) is 0. The smallest absolute Gasteiger partial charge is 0.164 e. The summed E-state index contributed by atoms with van der Waals surface area (Å²) in [5.41, 5.74) is 12.0. The third kappa shape index (κ3) is 4.30. The fourth-order valence-electron chi connectivity index (χ4n) is 7.93. The Morgan fingerprint density at radius 3 is 1.53 bits per heavy atom. The molecule has 0 atom stereocenters. The Labute approximate surface area is 293 Å². The van der Waals surface area contributed by atoms with Gasteiger partial charge in [0, 0.05) is 27.5 Å². The number of hydrogen-bond donors (Lipinski definition) is 0. The summed E-state index contributed by atoms with van der Waals surface area (Å²) in [5, 5.41) is 7.12.